The maximum atomic E-state index is 6.13. The second-order valence-electron chi connectivity index (χ2n) is 4.08. The smallest absolute Gasteiger partial charge is 0.237 e. The molecule has 4 heteroatoms. The first-order chi connectivity index (χ1) is 6.67. The molecule has 1 unspecified atom stereocenters. The Morgan fingerprint density at radius 1 is 1.43 bits per heavy atom. The molecule has 0 aliphatic heterocycles. The molecule has 0 spiro atoms. The summed E-state index contributed by atoms with van der Waals surface area (Å²) in [5.41, 5.74) is 7.10. The molecular weight excluding hydrogens is 178 g/mol. The van der Waals surface area contributed by atoms with E-state index in [0.717, 1.165) is 18.5 Å². The summed E-state index contributed by atoms with van der Waals surface area (Å²) in [4.78, 5) is 8.34. The highest BCUT2D eigenvalue weighted by molar-refractivity contribution is 5.24. The largest absolute Gasteiger partial charge is 0.480 e. The average molecular weight is 193 g/mol. The number of nitrogens with zero attached hydrogens (tertiary/aromatic N) is 2. The summed E-state index contributed by atoms with van der Waals surface area (Å²) < 4.78 is 5.14. The fraction of sp³-hybridized carbons (Fsp3) is 0.600. The van der Waals surface area contributed by atoms with E-state index in [4.69, 9.17) is 10.5 Å². The van der Waals surface area contributed by atoms with Crippen LogP contribution in [0, 0.1) is 5.41 Å². The summed E-state index contributed by atoms with van der Waals surface area (Å²) in [6.07, 6.45) is 5.59. The maximum Gasteiger partial charge on any atom is 0.237 e. The van der Waals surface area contributed by atoms with Gasteiger partial charge in [0.25, 0.3) is 0 Å². The number of methoxy groups -OCH3 is 1. The molecular formula is C10H15N3O. The standard InChI is InChI=1S/C10H15N3O/c1-10(3-4-10)8(11)7-9(14-2)13-6-5-12-7/h5-6,8H,3-4,11H2,1-2H3. The van der Waals surface area contributed by atoms with Crippen LogP contribution in [-0.2, 0) is 0 Å². The third-order valence-electron chi connectivity index (χ3n) is 2.97. The fourth-order valence-electron chi connectivity index (χ4n) is 1.54. The predicted molar refractivity (Wildman–Crippen MR) is 52.9 cm³/mol. The molecule has 76 valence electrons. The summed E-state index contributed by atoms with van der Waals surface area (Å²) in [6.45, 7) is 2.17. The lowest BCUT2D eigenvalue weighted by molar-refractivity contribution is 0.364. The summed E-state index contributed by atoms with van der Waals surface area (Å²) in [5, 5.41) is 0. The first-order valence-electron chi connectivity index (χ1n) is 4.78. The van der Waals surface area contributed by atoms with Crippen molar-refractivity contribution in [1.82, 2.24) is 9.97 Å². The van der Waals surface area contributed by atoms with Crippen LogP contribution in [0.3, 0.4) is 0 Å². The van der Waals surface area contributed by atoms with E-state index in [0.29, 0.717) is 5.88 Å². The van der Waals surface area contributed by atoms with Crippen molar-refractivity contribution in [2.45, 2.75) is 25.8 Å². The molecule has 4 nitrogen and oxygen atoms in total. The van der Waals surface area contributed by atoms with Gasteiger partial charge < -0.3 is 10.5 Å². The number of hydrogen-bond donors (Lipinski definition) is 1. The molecule has 0 saturated heterocycles. The average Bonchev–Trinajstić information content (AvgIpc) is 2.97. The Labute approximate surface area is 83.5 Å². The van der Waals surface area contributed by atoms with Gasteiger partial charge in [-0.3, -0.25) is 4.98 Å². The second-order valence-corrected chi connectivity index (χ2v) is 4.08. The highest BCUT2D eigenvalue weighted by Gasteiger charge is 2.45. The van der Waals surface area contributed by atoms with E-state index in [1.54, 1.807) is 19.5 Å². The molecule has 0 bridgehead atoms. The highest BCUT2D eigenvalue weighted by atomic mass is 16.5. The van der Waals surface area contributed by atoms with Gasteiger partial charge in [0.2, 0.25) is 5.88 Å². The van der Waals surface area contributed by atoms with Crippen LogP contribution in [0.15, 0.2) is 12.4 Å². The predicted octanol–water partition coefficient (Wildman–Crippen LogP) is 1.29. The summed E-state index contributed by atoms with van der Waals surface area (Å²) in [6, 6.07) is -0.0638. The van der Waals surface area contributed by atoms with Crippen LogP contribution in [0.5, 0.6) is 5.88 Å². The quantitative estimate of drug-likeness (QED) is 0.785. The van der Waals surface area contributed by atoms with Crippen molar-refractivity contribution in [2.75, 3.05) is 7.11 Å². The summed E-state index contributed by atoms with van der Waals surface area (Å²) in [7, 11) is 1.59. The SMILES string of the molecule is COc1nccnc1C(N)C1(C)CC1. The molecule has 0 aromatic carbocycles. The molecule has 1 aliphatic rings. The first kappa shape index (κ1) is 9.40. The van der Waals surface area contributed by atoms with Gasteiger partial charge in [0.1, 0.15) is 5.69 Å². The molecule has 1 aromatic rings. The van der Waals surface area contributed by atoms with Crippen LogP contribution >= 0.6 is 0 Å². The molecule has 14 heavy (non-hydrogen) atoms. The van der Waals surface area contributed by atoms with Gasteiger partial charge in [0.05, 0.1) is 13.2 Å². The van der Waals surface area contributed by atoms with Crippen molar-refractivity contribution in [3.63, 3.8) is 0 Å². The number of aromatic nitrogens is 2. The Kier molecular flexibility index (Phi) is 2.15. The van der Waals surface area contributed by atoms with Crippen LogP contribution in [0.4, 0.5) is 0 Å². The summed E-state index contributed by atoms with van der Waals surface area (Å²) in [5.74, 6) is 0.549. The number of rotatable bonds is 3. The Balaban J connectivity index is 2.30. The molecule has 1 atom stereocenters. The fourth-order valence-corrected chi connectivity index (χ4v) is 1.54. The van der Waals surface area contributed by atoms with E-state index in [-0.39, 0.29) is 11.5 Å². The van der Waals surface area contributed by atoms with Crippen molar-refractivity contribution in [3.8, 4) is 5.88 Å². The molecule has 2 rings (SSSR count). The number of ether oxygens (including phenoxy) is 1. The molecule has 1 aliphatic carbocycles. The van der Waals surface area contributed by atoms with Crippen molar-refractivity contribution >= 4 is 0 Å². The lowest BCUT2D eigenvalue weighted by Crippen LogP contribution is -2.22. The van der Waals surface area contributed by atoms with Gasteiger partial charge in [-0.25, -0.2) is 4.98 Å². The Hall–Kier alpha value is -1.16. The van der Waals surface area contributed by atoms with Gasteiger partial charge >= 0.3 is 0 Å². The lowest BCUT2D eigenvalue weighted by atomic mass is 9.97. The van der Waals surface area contributed by atoms with Gasteiger partial charge in [0, 0.05) is 12.4 Å². The Morgan fingerprint density at radius 2 is 2.07 bits per heavy atom. The van der Waals surface area contributed by atoms with E-state index in [1.165, 1.54) is 0 Å². The molecule has 0 amide bonds. The zero-order valence-corrected chi connectivity index (χ0v) is 8.53. The Bertz CT molecular complexity index is 336. The van der Waals surface area contributed by atoms with Gasteiger partial charge in [-0.1, -0.05) is 6.92 Å². The van der Waals surface area contributed by atoms with Gasteiger partial charge in [-0.2, -0.15) is 0 Å². The van der Waals surface area contributed by atoms with Crippen molar-refractivity contribution in [1.29, 1.82) is 0 Å². The molecule has 1 fully saturated rings. The maximum absolute atomic E-state index is 6.13. The number of nitrogens with two attached hydrogens (primary N) is 1. The van der Waals surface area contributed by atoms with E-state index < -0.39 is 0 Å². The third kappa shape index (κ3) is 1.46. The van der Waals surface area contributed by atoms with Crippen molar-refractivity contribution in [3.05, 3.63) is 18.1 Å². The zero-order valence-electron chi connectivity index (χ0n) is 8.53. The van der Waals surface area contributed by atoms with Crippen LogP contribution in [0.1, 0.15) is 31.5 Å². The van der Waals surface area contributed by atoms with Crippen LogP contribution in [0.25, 0.3) is 0 Å². The highest BCUT2D eigenvalue weighted by Crippen LogP contribution is 2.53. The second kappa shape index (κ2) is 3.20. The van der Waals surface area contributed by atoms with Crippen LogP contribution in [0.2, 0.25) is 0 Å². The number of hydrogen-bond acceptors (Lipinski definition) is 4. The monoisotopic (exact) mass is 193 g/mol. The van der Waals surface area contributed by atoms with E-state index >= 15 is 0 Å². The zero-order chi connectivity index (χ0) is 10.2. The molecule has 2 N–H and O–H groups in total. The van der Waals surface area contributed by atoms with E-state index in [1.807, 2.05) is 0 Å². The Morgan fingerprint density at radius 3 is 2.64 bits per heavy atom. The molecule has 1 heterocycles. The molecule has 0 radical (unpaired) electrons. The lowest BCUT2D eigenvalue weighted by Gasteiger charge is -2.19. The van der Waals surface area contributed by atoms with Gasteiger partial charge in [-0.15, -0.1) is 0 Å². The third-order valence-corrected chi connectivity index (χ3v) is 2.97. The minimum atomic E-state index is -0.0638. The van der Waals surface area contributed by atoms with Crippen molar-refractivity contribution < 1.29 is 4.74 Å². The van der Waals surface area contributed by atoms with E-state index in [2.05, 4.69) is 16.9 Å². The van der Waals surface area contributed by atoms with Crippen molar-refractivity contribution in [2.24, 2.45) is 11.1 Å². The minimum Gasteiger partial charge on any atom is -0.480 e. The molecule has 1 saturated carbocycles. The minimum absolute atomic E-state index is 0.0638. The topological polar surface area (TPSA) is 61.0 Å². The van der Waals surface area contributed by atoms with Gasteiger partial charge in [-0.05, 0) is 18.3 Å². The normalized spacial score (nSPS) is 20.2. The first-order valence-corrected chi connectivity index (χ1v) is 4.78. The van der Waals surface area contributed by atoms with Crippen LogP contribution in [-0.4, -0.2) is 17.1 Å². The van der Waals surface area contributed by atoms with E-state index in [9.17, 15) is 0 Å². The summed E-state index contributed by atoms with van der Waals surface area (Å²) >= 11 is 0. The molecule has 1 aromatic heterocycles. The van der Waals surface area contributed by atoms with Gasteiger partial charge in [0.15, 0.2) is 0 Å². The van der Waals surface area contributed by atoms with Crippen LogP contribution < -0.4 is 10.5 Å².